The fourth-order valence-corrected chi connectivity index (χ4v) is 4.21. The van der Waals surface area contributed by atoms with Gasteiger partial charge in [0.15, 0.2) is 0 Å². The molecule has 0 amide bonds. The number of rotatable bonds is 12. The molecule has 33 heavy (non-hydrogen) atoms. The van der Waals surface area contributed by atoms with Crippen LogP contribution in [0.2, 0.25) is 0 Å². The Labute approximate surface area is 195 Å². The van der Waals surface area contributed by atoms with E-state index in [0.717, 1.165) is 42.6 Å². The number of hydrogen-bond donors (Lipinski definition) is 1. The zero-order chi connectivity index (χ0) is 23.2. The Morgan fingerprint density at radius 3 is 2.67 bits per heavy atom. The number of aromatic nitrogens is 2. The van der Waals surface area contributed by atoms with E-state index in [9.17, 15) is 9.50 Å². The van der Waals surface area contributed by atoms with Gasteiger partial charge >= 0.3 is 0 Å². The van der Waals surface area contributed by atoms with E-state index in [1.807, 2.05) is 37.4 Å². The third kappa shape index (κ3) is 6.42. The number of aliphatic hydroxyl groups excluding tert-OH is 1. The molecule has 0 radical (unpaired) electrons. The fourth-order valence-electron chi connectivity index (χ4n) is 4.21. The highest BCUT2D eigenvalue weighted by molar-refractivity contribution is 5.65. The van der Waals surface area contributed by atoms with Gasteiger partial charge in [-0.05, 0) is 37.3 Å². The third-order valence-electron chi connectivity index (χ3n) is 6.10. The van der Waals surface area contributed by atoms with Gasteiger partial charge < -0.3 is 9.84 Å². The van der Waals surface area contributed by atoms with Crippen LogP contribution in [0.5, 0.6) is 11.6 Å². The molecule has 3 aromatic rings. The molecule has 1 heterocycles. The topological polar surface area (TPSA) is 50.5 Å². The van der Waals surface area contributed by atoms with Gasteiger partial charge in [-0.1, -0.05) is 56.2 Å². The number of aryl methyl sites for hydroxylation is 1. The van der Waals surface area contributed by atoms with Gasteiger partial charge in [0.25, 0.3) is 0 Å². The molecule has 1 atom stereocenters. The van der Waals surface area contributed by atoms with Gasteiger partial charge in [-0.3, -0.25) is 4.90 Å². The maximum Gasteiger partial charge on any atom is 0.222 e. The molecule has 1 aliphatic rings. The Hall–Kier alpha value is -2.70. The van der Waals surface area contributed by atoms with Crippen LogP contribution in [0.3, 0.4) is 0 Å². The van der Waals surface area contributed by atoms with Crippen molar-refractivity contribution in [3.8, 4) is 22.9 Å². The van der Waals surface area contributed by atoms with Gasteiger partial charge in [0, 0.05) is 38.3 Å². The van der Waals surface area contributed by atoms with Crippen LogP contribution in [-0.4, -0.2) is 39.0 Å². The van der Waals surface area contributed by atoms with E-state index >= 15 is 0 Å². The minimum atomic E-state index is -0.354. The number of aliphatic hydroxyl groups is 1. The van der Waals surface area contributed by atoms with Crippen molar-refractivity contribution in [1.82, 2.24) is 14.7 Å². The maximum absolute atomic E-state index is 13.8. The zero-order valence-electron chi connectivity index (χ0n) is 19.6. The third-order valence-corrected chi connectivity index (χ3v) is 6.10. The summed E-state index contributed by atoms with van der Waals surface area (Å²) in [6.45, 7) is 4.33. The molecule has 176 valence electrons. The van der Waals surface area contributed by atoms with Crippen LogP contribution in [0, 0.1) is 11.7 Å². The van der Waals surface area contributed by atoms with Crippen LogP contribution in [0.4, 0.5) is 4.39 Å². The highest BCUT2D eigenvalue weighted by Gasteiger charge is 2.28. The number of halogens is 1. The molecule has 0 unspecified atom stereocenters. The van der Waals surface area contributed by atoms with E-state index in [2.05, 4.69) is 11.8 Å². The summed E-state index contributed by atoms with van der Waals surface area (Å²) < 4.78 is 21.7. The Bertz CT molecular complexity index is 1030. The standard InChI is InChI=1S/C27H34FN3O2/c1-3-4-12-23(32)18-31(17-20-14-15-20)19-25-26(21-9-6-5-7-10-21)29-30(2)27(25)33-24-13-8-11-22(28)16-24/h5-11,13,16,20,23,32H,3-4,12,14-15,17-19H2,1-2H3/t23-/m1/s1. The second kappa shape index (κ2) is 10.9. The van der Waals surface area contributed by atoms with Crippen molar-refractivity contribution in [1.29, 1.82) is 0 Å². The Morgan fingerprint density at radius 1 is 1.18 bits per heavy atom. The van der Waals surface area contributed by atoms with E-state index in [0.29, 0.717) is 30.6 Å². The molecular weight excluding hydrogens is 417 g/mol. The van der Waals surface area contributed by atoms with Crippen molar-refractivity contribution < 1.29 is 14.2 Å². The summed E-state index contributed by atoms with van der Waals surface area (Å²) in [4.78, 5) is 2.33. The lowest BCUT2D eigenvalue weighted by Crippen LogP contribution is -2.34. The van der Waals surface area contributed by atoms with E-state index in [-0.39, 0.29) is 11.9 Å². The molecule has 4 rings (SSSR count). The molecule has 0 saturated heterocycles. The Kier molecular flexibility index (Phi) is 7.78. The van der Waals surface area contributed by atoms with Crippen molar-refractivity contribution in [2.24, 2.45) is 13.0 Å². The van der Waals surface area contributed by atoms with Crippen molar-refractivity contribution in [2.75, 3.05) is 13.1 Å². The monoisotopic (exact) mass is 451 g/mol. The summed E-state index contributed by atoms with van der Waals surface area (Å²) in [5.74, 6) is 1.39. The van der Waals surface area contributed by atoms with Crippen LogP contribution >= 0.6 is 0 Å². The van der Waals surface area contributed by atoms with Crippen LogP contribution in [-0.2, 0) is 13.6 Å². The van der Waals surface area contributed by atoms with Gasteiger partial charge in [-0.15, -0.1) is 0 Å². The number of ether oxygens (including phenoxy) is 1. The Balaban J connectivity index is 1.66. The first-order valence-corrected chi connectivity index (χ1v) is 12.0. The van der Waals surface area contributed by atoms with Crippen LogP contribution in [0.15, 0.2) is 54.6 Å². The highest BCUT2D eigenvalue weighted by atomic mass is 19.1. The smallest absolute Gasteiger partial charge is 0.222 e. The van der Waals surface area contributed by atoms with Crippen molar-refractivity contribution in [3.63, 3.8) is 0 Å². The molecule has 5 nitrogen and oxygen atoms in total. The minimum absolute atomic E-state index is 0.339. The van der Waals surface area contributed by atoms with E-state index < -0.39 is 0 Å². The van der Waals surface area contributed by atoms with Crippen molar-refractivity contribution in [3.05, 3.63) is 66.0 Å². The number of hydrogen-bond acceptors (Lipinski definition) is 4. The van der Waals surface area contributed by atoms with Crippen LogP contribution in [0.25, 0.3) is 11.3 Å². The first-order valence-electron chi connectivity index (χ1n) is 12.0. The Morgan fingerprint density at radius 2 is 1.97 bits per heavy atom. The van der Waals surface area contributed by atoms with Crippen LogP contribution in [0.1, 0.15) is 44.6 Å². The number of nitrogens with zero attached hydrogens (tertiary/aromatic N) is 3. The van der Waals surface area contributed by atoms with E-state index in [1.54, 1.807) is 16.8 Å². The van der Waals surface area contributed by atoms with Crippen molar-refractivity contribution in [2.45, 2.75) is 51.7 Å². The summed E-state index contributed by atoms with van der Waals surface area (Å²) in [5.41, 5.74) is 2.82. The average Bonchev–Trinajstić information content (AvgIpc) is 3.57. The zero-order valence-corrected chi connectivity index (χ0v) is 19.6. The summed E-state index contributed by atoms with van der Waals surface area (Å²) >= 11 is 0. The van der Waals surface area contributed by atoms with Gasteiger partial charge in [-0.25, -0.2) is 9.07 Å². The maximum atomic E-state index is 13.8. The van der Waals surface area contributed by atoms with E-state index in [4.69, 9.17) is 9.84 Å². The van der Waals surface area contributed by atoms with Gasteiger partial charge in [-0.2, -0.15) is 5.10 Å². The molecule has 0 bridgehead atoms. The summed E-state index contributed by atoms with van der Waals surface area (Å²) in [6, 6.07) is 16.2. The lowest BCUT2D eigenvalue weighted by molar-refractivity contribution is 0.0966. The molecule has 1 fully saturated rings. The predicted molar refractivity (Wildman–Crippen MR) is 129 cm³/mol. The quantitative estimate of drug-likeness (QED) is 0.379. The summed E-state index contributed by atoms with van der Waals surface area (Å²) in [7, 11) is 1.85. The predicted octanol–water partition coefficient (Wildman–Crippen LogP) is 5.78. The van der Waals surface area contributed by atoms with Gasteiger partial charge in [0.1, 0.15) is 17.3 Å². The van der Waals surface area contributed by atoms with Gasteiger partial charge in [0.05, 0.1) is 11.7 Å². The van der Waals surface area contributed by atoms with Crippen LogP contribution < -0.4 is 4.74 Å². The SMILES string of the molecule is CCCC[C@@H](O)CN(Cc1c(-c2ccccc2)nn(C)c1Oc1cccc(F)c1)CC1CC1. The van der Waals surface area contributed by atoms with Gasteiger partial charge in [0.2, 0.25) is 5.88 Å². The lowest BCUT2D eigenvalue weighted by Gasteiger charge is -2.25. The highest BCUT2D eigenvalue weighted by Crippen LogP contribution is 2.36. The molecule has 0 spiro atoms. The average molecular weight is 452 g/mol. The minimum Gasteiger partial charge on any atom is -0.439 e. The van der Waals surface area contributed by atoms with E-state index in [1.165, 1.54) is 25.0 Å². The second-order valence-corrected chi connectivity index (χ2v) is 9.11. The molecule has 1 N–H and O–H groups in total. The molecule has 1 saturated carbocycles. The first-order chi connectivity index (χ1) is 16.0. The largest absolute Gasteiger partial charge is 0.439 e. The molecule has 1 aromatic heterocycles. The molecule has 2 aromatic carbocycles. The first kappa shape index (κ1) is 23.5. The fraction of sp³-hybridized carbons (Fsp3) is 0.444. The molecule has 6 heteroatoms. The second-order valence-electron chi connectivity index (χ2n) is 9.11. The summed E-state index contributed by atoms with van der Waals surface area (Å²) in [6.07, 6.45) is 5.04. The number of unbranched alkanes of at least 4 members (excludes halogenated alkanes) is 1. The van der Waals surface area contributed by atoms with Crippen molar-refractivity contribution >= 4 is 0 Å². The molecule has 0 aliphatic heterocycles. The molecule has 1 aliphatic carbocycles. The summed E-state index contributed by atoms with van der Waals surface area (Å²) in [5, 5.41) is 15.4. The number of benzene rings is 2. The lowest BCUT2D eigenvalue weighted by atomic mass is 10.1. The molecular formula is C27H34FN3O2. The normalized spacial score (nSPS) is 14.6.